The SMILES string of the molecule is COc1cccc(Cc2c(C)nc(C3CC3)nc2N2CCN(C(=O)N(C)C)CC2)c1. The number of amides is 2. The van der Waals surface area contributed by atoms with E-state index < -0.39 is 0 Å². The summed E-state index contributed by atoms with van der Waals surface area (Å²) in [7, 11) is 5.30. The van der Waals surface area contributed by atoms with E-state index in [0.29, 0.717) is 19.0 Å². The fraction of sp³-hybridized carbons (Fsp3) is 0.522. The van der Waals surface area contributed by atoms with E-state index in [9.17, 15) is 4.79 Å². The highest BCUT2D eigenvalue weighted by Crippen LogP contribution is 2.39. The monoisotopic (exact) mass is 409 g/mol. The predicted octanol–water partition coefficient (Wildman–Crippen LogP) is 3.07. The van der Waals surface area contributed by atoms with Gasteiger partial charge in [-0.2, -0.15) is 0 Å². The summed E-state index contributed by atoms with van der Waals surface area (Å²) in [6, 6.07) is 8.25. The van der Waals surface area contributed by atoms with Gasteiger partial charge in [0.1, 0.15) is 17.4 Å². The van der Waals surface area contributed by atoms with Gasteiger partial charge in [-0.25, -0.2) is 14.8 Å². The Labute approximate surface area is 178 Å². The molecule has 2 aliphatic rings. The van der Waals surface area contributed by atoms with Gasteiger partial charge < -0.3 is 19.4 Å². The molecule has 30 heavy (non-hydrogen) atoms. The van der Waals surface area contributed by atoms with E-state index in [-0.39, 0.29) is 6.03 Å². The van der Waals surface area contributed by atoms with Crippen molar-refractivity contribution in [3.8, 4) is 5.75 Å². The molecule has 0 spiro atoms. The third-order valence-electron chi connectivity index (χ3n) is 5.90. The Morgan fingerprint density at radius 2 is 1.90 bits per heavy atom. The van der Waals surface area contributed by atoms with Gasteiger partial charge in [0.2, 0.25) is 0 Å². The van der Waals surface area contributed by atoms with Crippen LogP contribution < -0.4 is 9.64 Å². The average Bonchev–Trinajstić information content (AvgIpc) is 3.60. The van der Waals surface area contributed by atoms with Gasteiger partial charge in [0, 0.05) is 63.9 Å². The highest BCUT2D eigenvalue weighted by atomic mass is 16.5. The van der Waals surface area contributed by atoms with Crippen molar-refractivity contribution in [3.63, 3.8) is 0 Å². The number of hydrogen-bond acceptors (Lipinski definition) is 5. The molecule has 7 nitrogen and oxygen atoms in total. The van der Waals surface area contributed by atoms with E-state index in [1.807, 2.05) is 17.0 Å². The zero-order chi connectivity index (χ0) is 21.3. The van der Waals surface area contributed by atoms with E-state index in [1.54, 1.807) is 26.1 Å². The van der Waals surface area contributed by atoms with E-state index in [4.69, 9.17) is 14.7 Å². The molecule has 1 aromatic heterocycles. The smallest absolute Gasteiger partial charge is 0.319 e. The lowest BCUT2D eigenvalue weighted by atomic mass is 10.0. The van der Waals surface area contributed by atoms with Crippen LogP contribution in [0.4, 0.5) is 10.6 Å². The molecule has 0 unspecified atom stereocenters. The molecule has 0 radical (unpaired) electrons. The lowest BCUT2D eigenvalue weighted by Crippen LogP contribution is -2.52. The molecule has 2 aromatic rings. The van der Waals surface area contributed by atoms with Gasteiger partial charge in [-0.3, -0.25) is 0 Å². The van der Waals surface area contributed by atoms with Crippen LogP contribution in [0.15, 0.2) is 24.3 Å². The first-order valence-electron chi connectivity index (χ1n) is 10.7. The first-order valence-corrected chi connectivity index (χ1v) is 10.7. The van der Waals surface area contributed by atoms with Crippen molar-refractivity contribution in [2.24, 2.45) is 0 Å². The second kappa shape index (κ2) is 8.50. The average molecular weight is 410 g/mol. The Bertz CT molecular complexity index is 918. The summed E-state index contributed by atoms with van der Waals surface area (Å²) in [6.45, 7) is 5.07. The van der Waals surface area contributed by atoms with Crippen LogP contribution in [0.2, 0.25) is 0 Å². The molecule has 160 valence electrons. The highest BCUT2D eigenvalue weighted by molar-refractivity contribution is 5.74. The fourth-order valence-electron chi connectivity index (χ4n) is 3.97. The van der Waals surface area contributed by atoms with Crippen LogP contribution in [0, 0.1) is 6.92 Å². The first kappa shape index (κ1) is 20.4. The molecule has 1 aromatic carbocycles. The minimum Gasteiger partial charge on any atom is -0.497 e. The van der Waals surface area contributed by atoms with Crippen molar-refractivity contribution in [2.75, 3.05) is 52.3 Å². The van der Waals surface area contributed by atoms with Crippen LogP contribution in [0.5, 0.6) is 5.75 Å². The summed E-state index contributed by atoms with van der Waals surface area (Å²) in [5.41, 5.74) is 3.40. The summed E-state index contributed by atoms with van der Waals surface area (Å²) < 4.78 is 5.40. The maximum Gasteiger partial charge on any atom is 0.319 e. The lowest BCUT2D eigenvalue weighted by molar-refractivity contribution is 0.168. The molecule has 0 atom stereocenters. The van der Waals surface area contributed by atoms with Crippen molar-refractivity contribution in [1.29, 1.82) is 0 Å². The quantitative estimate of drug-likeness (QED) is 0.760. The number of rotatable bonds is 5. The number of ether oxygens (including phenoxy) is 1. The number of nitrogens with zero attached hydrogens (tertiary/aromatic N) is 5. The molecular formula is C23H31N5O2. The largest absolute Gasteiger partial charge is 0.497 e. The molecule has 2 heterocycles. The number of anilines is 1. The van der Waals surface area contributed by atoms with E-state index in [2.05, 4.69) is 24.0 Å². The topological polar surface area (TPSA) is 61.8 Å². The Hall–Kier alpha value is -2.83. The lowest BCUT2D eigenvalue weighted by Gasteiger charge is -2.37. The zero-order valence-corrected chi connectivity index (χ0v) is 18.4. The molecule has 1 saturated carbocycles. The zero-order valence-electron chi connectivity index (χ0n) is 18.4. The van der Waals surface area contributed by atoms with Crippen LogP contribution in [-0.2, 0) is 6.42 Å². The summed E-state index contributed by atoms with van der Waals surface area (Å²) in [4.78, 5) is 28.1. The number of aryl methyl sites for hydroxylation is 1. The number of hydrogen-bond donors (Lipinski definition) is 0. The number of benzene rings is 1. The Morgan fingerprint density at radius 1 is 1.17 bits per heavy atom. The molecule has 0 bridgehead atoms. The molecule has 4 rings (SSSR count). The fourth-order valence-corrected chi connectivity index (χ4v) is 3.97. The normalized spacial score (nSPS) is 16.5. The van der Waals surface area contributed by atoms with Crippen molar-refractivity contribution >= 4 is 11.8 Å². The van der Waals surface area contributed by atoms with Crippen molar-refractivity contribution in [3.05, 3.63) is 46.9 Å². The predicted molar refractivity (Wildman–Crippen MR) is 117 cm³/mol. The van der Waals surface area contributed by atoms with Crippen LogP contribution in [0.1, 0.15) is 41.4 Å². The Balaban J connectivity index is 1.61. The number of carbonyl (C=O) groups excluding carboxylic acids is 1. The number of methoxy groups -OCH3 is 1. The Morgan fingerprint density at radius 3 is 2.53 bits per heavy atom. The minimum atomic E-state index is 0.0730. The number of piperazine rings is 1. The molecular weight excluding hydrogens is 378 g/mol. The second-order valence-corrected chi connectivity index (χ2v) is 8.42. The molecule has 1 saturated heterocycles. The first-order chi connectivity index (χ1) is 14.5. The van der Waals surface area contributed by atoms with E-state index in [1.165, 1.54) is 24.0 Å². The summed E-state index contributed by atoms with van der Waals surface area (Å²) in [6.07, 6.45) is 3.12. The van der Waals surface area contributed by atoms with Gasteiger partial charge in [0.15, 0.2) is 0 Å². The van der Waals surface area contributed by atoms with Crippen LogP contribution in [0.25, 0.3) is 0 Å². The van der Waals surface area contributed by atoms with E-state index >= 15 is 0 Å². The van der Waals surface area contributed by atoms with Crippen LogP contribution >= 0.6 is 0 Å². The third kappa shape index (κ3) is 4.35. The van der Waals surface area contributed by atoms with Crippen LogP contribution in [0.3, 0.4) is 0 Å². The summed E-state index contributed by atoms with van der Waals surface area (Å²) >= 11 is 0. The Kier molecular flexibility index (Phi) is 5.79. The van der Waals surface area contributed by atoms with Gasteiger partial charge in [0.05, 0.1) is 7.11 Å². The minimum absolute atomic E-state index is 0.0730. The van der Waals surface area contributed by atoms with Crippen LogP contribution in [-0.4, -0.2) is 73.2 Å². The molecule has 1 aliphatic heterocycles. The number of aromatic nitrogens is 2. The summed E-state index contributed by atoms with van der Waals surface area (Å²) in [5.74, 6) is 3.37. The maximum absolute atomic E-state index is 12.3. The highest BCUT2D eigenvalue weighted by Gasteiger charge is 2.30. The van der Waals surface area contributed by atoms with Crippen molar-refractivity contribution in [1.82, 2.24) is 19.8 Å². The third-order valence-corrected chi connectivity index (χ3v) is 5.90. The van der Waals surface area contributed by atoms with Gasteiger partial charge in [-0.15, -0.1) is 0 Å². The van der Waals surface area contributed by atoms with E-state index in [0.717, 1.165) is 42.6 Å². The summed E-state index contributed by atoms with van der Waals surface area (Å²) in [5, 5.41) is 0. The number of urea groups is 1. The molecule has 0 N–H and O–H groups in total. The molecule has 2 fully saturated rings. The van der Waals surface area contributed by atoms with Crippen molar-refractivity contribution in [2.45, 2.75) is 32.1 Å². The molecule has 2 amide bonds. The standard InChI is InChI=1S/C23H31N5O2/c1-16-20(15-17-6-5-7-19(14-17)30-4)22(25-21(24-16)18-8-9-18)27-10-12-28(13-11-27)23(29)26(2)3/h5-7,14,18H,8-13,15H2,1-4H3. The van der Waals surface area contributed by atoms with Gasteiger partial charge in [-0.05, 0) is 37.5 Å². The van der Waals surface area contributed by atoms with Crippen molar-refractivity contribution < 1.29 is 9.53 Å². The number of carbonyl (C=O) groups is 1. The maximum atomic E-state index is 12.3. The molecule has 1 aliphatic carbocycles. The van der Waals surface area contributed by atoms with Gasteiger partial charge in [0.25, 0.3) is 0 Å². The van der Waals surface area contributed by atoms with Gasteiger partial charge in [-0.1, -0.05) is 12.1 Å². The van der Waals surface area contributed by atoms with Gasteiger partial charge >= 0.3 is 6.03 Å². The molecule has 7 heteroatoms. The second-order valence-electron chi connectivity index (χ2n) is 8.42.